The number of carbonyl (C=O) groups excluding carboxylic acids is 1. The maximum absolute atomic E-state index is 14.0. The number of aromatic nitrogens is 5. The Kier molecular flexibility index (Phi) is 5.33. The van der Waals surface area contributed by atoms with Gasteiger partial charge in [-0.25, -0.2) is 0 Å². The van der Waals surface area contributed by atoms with Gasteiger partial charge in [0.25, 0.3) is 5.91 Å². The summed E-state index contributed by atoms with van der Waals surface area (Å²) in [5.41, 5.74) is 5.51. The zero-order valence-electron chi connectivity index (χ0n) is 19.6. The fraction of sp³-hybridized carbons (Fsp3) is 0.308. The van der Waals surface area contributed by atoms with Gasteiger partial charge in [0.15, 0.2) is 0 Å². The molecule has 2 aromatic carbocycles. The minimum atomic E-state index is -0.0719. The molecule has 0 saturated carbocycles. The molecule has 2 aromatic heterocycles. The van der Waals surface area contributed by atoms with Crippen molar-refractivity contribution >= 4 is 17.5 Å². The molecule has 4 aromatic rings. The van der Waals surface area contributed by atoms with Crippen molar-refractivity contribution in [3.05, 3.63) is 76.7 Å². The van der Waals surface area contributed by atoms with Crippen LogP contribution < -0.4 is 4.74 Å². The van der Waals surface area contributed by atoms with Gasteiger partial charge in [0, 0.05) is 24.2 Å². The van der Waals surface area contributed by atoms with Crippen LogP contribution in [0.4, 0.5) is 0 Å². The summed E-state index contributed by atoms with van der Waals surface area (Å²) in [5, 5.41) is 14.0. The molecule has 2 atom stereocenters. The first-order chi connectivity index (χ1) is 17.1. The Labute approximate surface area is 208 Å². The van der Waals surface area contributed by atoms with Gasteiger partial charge in [-0.15, -0.1) is 0 Å². The molecule has 0 spiro atoms. The van der Waals surface area contributed by atoms with E-state index in [-0.39, 0.29) is 18.0 Å². The molecule has 2 bridgehead atoms. The van der Waals surface area contributed by atoms with Crippen molar-refractivity contribution in [1.29, 1.82) is 0 Å². The van der Waals surface area contributed by atoms with Crippen LogP contribution in [-0.4, -0.2) is 48.7 Å². The molecule has 0 radical (unpaired) electrons. The standard InChI is InChI=1S/C26H25ClN6O2/c1-31-25(16-10-11-23(35-2)20(27)14-16)19-15-17-6-5-9-22(24(19)30-31)32(17)26(34)18-7-3-4-8-21(18)33-28-12-13-29-33/h3-4,7-8,10-14,17,22H,5-6,9,15H2,1-2H3/t17-,22+/m1/s1. The van der Waals surface area contributed by atoms with E-state index in [1.807, 2.05) is 59.1 Å². The zero-order valence-corrected chi connectivity index (χ0v) is 20.3. The minimum absolute atomic E-state index is 0.00190. The van der Waals surface area contributed by atoms with Crippen LogP contribution in [0.1, 0.15) is 46.9 Å². The molecular weight excluding hydrogens is 464 g/mol. The minimum Gasteiger partial charge on any atom is -0.495 e. The average Bonchev–Trinajstić information content (AvgIpc) is 3.51. The zero-order chi connectivity index (χ0) is 24.1. The van der Waals surface area contributed by atoms with Crippen LogP contribution in [0.5, 0.6) is 5.75 Å². The summed E-state index contributed by atoms with van der Waals surface area (Å²) in [6, 6.07) is 13.4. The van der Waals surface area contributed by atoms with Crippen molar-refractivity contribution in [1.82, 2.24) is 29.7 Å². The highest BCUT2D eigenvalue weighted by molar-refractivity contribution is 6.32. The topological polar surface area (TPSA) is 78.1 Å². The lowest BCUT2D eigenvalue weighted by molar-refractivity contribution is 0.0391. The molecule has 35 heavy (non-hydrogen) atoms. The maximum Gasteiger partial charge on any atom is 0.256 e. The van der Waals surface area contributed by atoms with Gasteiger partial charge in [0.2, 0.25) is 0 Å². The third-order valence-corrected chi connectivity index (χ3v) is 7.40. The average molecular weight is 489 g/mol. The fourth-order valence-electron chi connectivity index (χ4n) is 5.63. The molecule has 1 saturated heterocycles. The van der Waals surface area contributed by atoms with Crippen LogP contribution in [0.3, 0.4) is 0 Å². The van der Waals surface area contributed by atoms with Crippen LogP contribution in [0.2, 0.25) is 5.02 Å². The number of halogens is 1. The number of hydrogen-bond donors (Lipinski definition) is 0. The van der Waals surface area contributed by atoms with E-state index in [4.69, 9.17) is 21.4 Å². The van der Waals surface area contributed by atoms with Crippen molar-refractivity contribution in [2.24, 2.45) is 7.05 Å². The molecule has 2 aliphatic rings. The Bertz CT molecular complexity index is 1410. The van der Waals surface area contributed by atoms with Crippen molar-refractivity contribution in [2.75, 3.05) is 7.11 Å². The second-order valence-corrected chi connectivity index (χ2v) is 9.45. The second kappa shape index (κ2) is 8.53. The van der Waals surface area contributed by atoms with Gasteiger partial charge in [-0.1, -0.05) is 23.7 Å². The molecule has 0 N–H and O–H groups in total. The van der Waals surface area contributed by atoms with Gasteiger partial charge in [0.05, 0.1) is 53.2 Å². The molecule has 0 unspecified atom stereocenters. The number of aryl methyl sites for hydroxylation is 1. The van der Waals surface area contributed by atoms with Crippen molar-refractivity contribution in [3.8, 4) is 22.7 Å². The summed E-state index contributed by atoms with van der Waals surface area (Å²) < 4.78 is 7.25. The van der Waals surface area contributed by atoms with Crippen LogP contribution in [0.25, 0.3) is 16.9 Å². The first kappa shape index (κ1) is 21.9. The summed E-state index contributed by atoms with van der Waals surface area (Å²) >= 11 is 6.45. The van der Waals surface area contributed by atoms with Crippen LogP contribution in [-0.2, 0) is 13.5 Å². The highest BCUT2D eigenvalue weighted by Crippen LogP contribution is 2.45. The lowest BCUT2D eigenvalue weighted by Crippen LogP contribution is -2.50. The second-order valence-electron chi connectivity index (χ2n) is 9.04. The lowest BCUT2D eigenvalue weighted by Gasteiger charge is -2.45. The van der Waals surface area contributed by atoms with Gasteiger partial charge in [-0.3, -0.25) is 9.48 Å². The Morgan fingerprint density at radius 3 is 2.69 bits per heavy atom. The number of carbonyl (C=O) groups is 1. The summed E-state index contributed by atoms with van der Waals surface area (Å²) in [4.78, 5) is 17.6. The Balaban J connectivity index is 1.42. The molecule has 0 aliphatic carbocycles. The van der Waals surface area contributed by atoms with E-state index in [1.165, 1.54) is 10.4 Å². The molecule has 2 aliphatic heterocycles. The maximum atomic E-state index is 14.0. The molecule has 1 amide bonds. The quantitative estimate of drug-likeness (QED) is 0.419. The summed E-state index contributed by atoms with van der Waals surface area (Å²) in [6.07, 6.45) is 6.90. The van der Waals surface area contributed by atoms with Gasteiger partial charge in [-0.2, -0.15) is 20.1 Å². The highest BCUT2D eigenvalue weighted by atomic mass is 35.5. The number of benzene rings is 2. The number of para-hydroxylation sites is 1. The summed E-state index contributed by atoms with van der Waals surface area (Å²) in [7, 11) is 3.57. The predicted molar refractivity (Wildman–Crippen MR) is 132 cm³/mol. The van der Waals surface area contributed by atoms with E-state index in [2.05, 4.69) is 10.2 Å². The smallest absolute Gasteiger partial charge is 0.256 e. The molecule has 6 rings (SSSR count). The van der Waals surface area contributed by atoms with E-state index < -0.39 is 0 Å². The number of rotatable bonds is 4. The number of piperidine rings is 1. The van der Waals surface area contributed by atoms with Gasteiger partial charge in [0.1, 0.15) is 5.75 Å². The Morgan fingerprint density at radius 2 is 1.91 bits per heavy atom. The molecule has 1 fully saturated rings. The molecular formula is C26H25ClN6O2. The van der Waals surface area contributed by atoms with Crippen molar-refractivity contribution < 1.29 is 9.53 Å². The van der Waals surface area contributed by atoms with Gasteiger partial charge >= 0.3 is 0 Å². The Morgan fingerprint density at radius 1 is 1.11 bits per heavy atom. The third-order valence-electron chi connectivity index (χ3n) is 7.10. The molecule has 8 nitrogen and oxygen atoms in total. The molecule has 178 valence electrons. The largest absolute Gasteiger partial charge is 0.495 e. The number of ether oxygens (including phenoxy) is 1. The SMILES string of the molecule is COc1ccc(-c2c3c(nn2C)[C@@H]2CCC[C@H](C3)N2C(=O)c2ccccc2-n2nccn2)cc1Cl. The van der Waals surface area contributed by atoms with Crippen LogP contribution in [0, 0.1) is 0 Å². The fourth-order valence-corrected chi connectivity index (χ4v) is 5.89. The van der Waals surface area contributed by atoms with Gasteiger partial charge in [-0.05, 0) is 56.0 Å². The first-order valence-electron chi connectivity index (χ1n) is 11.7. The normalized spacial score (nSPS) is 18.9. The number of amides is 1. The monoisotopic (exact) mass is 488 g/mol. The predicted octanol–water partition coefficient (Wildman–Crippen LogP) is 4.62. The number of methoxy groups -OCH3 is 1. The highest BCUT2D eigenvalue weighted by Gasteiger charge is 2.44. The number of fused-ring (bicyclic) bond motifs is 4. The van der Waals surface area contributed by atoms with E-state index >= 15 is 0 Å². The summed E-state index contributed by atoms with van der Waals surface area (Å²) in [5.74, 6) is 0.642. The molecule has 9 heteroatoms. The van der Waals surface area contributed by atoms with Crippen LogP contribution in [0.15, 0.2) is 54.9 Å². The number of hydrogen-bond acceptors (Lipinski definition) is 5. The van der Waals surface area contributed by atoms with E-state index in [0.717, 1.165) is 42.6 Å². The van der Waals surface area contributed by atoms with Crippen LogP contribution >= 0.6 is 11.6 Å². The van der Waals surface area contributed by atoms with Crippen molar-refractivity contribution in [3.63, 3.8) is 0 Å². The Hall–Kier alpha value is -3.65. The third kappa shape index (κ3) is 3.51. The van der Waals surface area contributed by atoms with Crippen molar-refractivity contribution in [2.45, 2.75) is 37.8 Å². The summed E-state index contributed by atoms with van der Waals surface area (Å²) in [6.45, 7) is 0. The van der Waals surface area contributed by atoms with Gasteiger partial charge < -0.3 is 9.64 Å². The first-order valence-corrected chi connectivity index (χ1v) is 12.1. The lowest BCUT2D eigenvalue weighted by atomic mass is 9.81. The van der Waals surface area contributed by atoms with E-state index in [1.54, 1.807) is 19.5 Å². The molecule has 4 heterocycles. The number of nitrogens with zero attached hydrogens (tertiary/aromatic N) is 6. The van der Waals surface area contributed by atoms with E-state index in [0.29, 0.717) is 22.0 Å². The van der Waals surface area contributed by atoms with E-state index in [9.17, 15) is 4.79 Å².